The average molecular weight is 344 g/mol. The van der Waals surface area contributed by atoms with E-state index in [0.29, 0.717) is 13.1 Å². The average Bonchev–Trinajstić information content (AvgIpc) is 2.88. The molecular formula is C18H24N4O3. The molecule has 134 valence electrons. The molecule has 2 aliphatic heterocycles. The Kier molecular flexibility index (Phi) is 4.92. The maximum absolute atomic E-state index is 12.5. The van der Waals surface area contributed by atoms with Crippen molar-refractivity contribution in [3.05, 3.63) is 29.3 Å². The molecule has 2 heterocycles. The molecule has 25 heavy (non-hydrogen) atoms. The molecule has 7 heteroatoms. The van der Waals surface area contributed by atoms with Crippen LogP contribution in [0, 0.1) is 13.8 Å². The minimum Gasteiger partial charge on any atom is -0.381 e. The van der Waals surface area contributed by atoms with Gasteiger partial charge in [0.15, 0.2) is 0 Å². The number of urea groups is 1. The fraction of sp³-hybridized carbons (Fsp3) is 0.500. The highest BCUT2D eigenvalue weighted by Crippen LogP contribution is 2.19. The second-order valence-corrected chi connectivity index (χ2v) is 6.83. The maximum Gasteiger partial charge on any atom is 0.325 e. The predicted octanol–water partition coefficient (Wildman–Crippen LogP) is 1.26. The largest absolute Gasteiger partial charge is 0.381 e. The van der Waals surface area contributed by atoms with Crippen LogP contribution in [0.3, 0.4) is 0 Å². The molecule has 1 aromatic carbocycles. The fourth-order valence-corrected chi connectivity index (χ4v) is 3.26. The Morgan fingerprint density at radius 2 is 2.08 bits per heavy atom. The van der Waals surface area contributed by atoms with E-state index in [0.717, 1.165) is 18.5 Å². The number of hydrogen-bond donors (Lipinski definition) is 2. The smallest absolute Gasteiger partial charge is 0.325 e. The van der Waals surface area contributed by atoms with Crippen molar-refractivity contribution in [1.29, 1.82) is 0 Å². The van der Waals surface area contributed by atoms with Gasteiger partial charge in [-0.25, -0.2) is 4.79 Å². The first-order valence-electron chi connectivity index (χ1n) is 8.62. The van der Waals surface area contributed by atoms with E-state index >= 15 is 0 Å². The van der Waals surface area contributed by atoms with Crippen molar-refractivity contribution in [2.24, 2.45) is 0 Å². The van der Waals surface area contributed by atoms with Crippen molar-refractivity contribution < 1.29 is 14.4 Å². The number of carbonyl (C=O) groups excluding carboxylic acids is 3. The summed E-state index contributed by atoms with van der Waals surface area (Å²) in [4.78, 5) is 38.3. The number of hydrogen-bond acceptors (Lipinski definition) is 4. The van der Waals surface area contributed by atoms with Crippen LogP contribution in [-0.4, -0.2) is 59.9 Å². The molecule has 3 rings (SSSR count). The standard InChI is InChI=1S/C18H24N4O3/c1-12-5-6-14(8-13(12)2)19-15-4-3-7-21(9-15)17(24)11-22-10-16(23)20-18(22)25/h5-6,8,15,19H,3-4,7,9-11H2,1-2H3,(H,20,23,25). The first kappa shape index (κ1) is 17.3. The number of benzene rings is 1. The Morgan fingerprint density at radius 3 is 2.76 bits per heavy atom. The number of piperidine rings is 1. The van der Waals surface area contributed by atoms with Gasteiger partial charge in [-0.05, 0) is 49.9 Å². The van der Waals surface area contributed by atoms with Crippen molar-refractivity contribution in [1.82, 2.24) is 15.1 Å². The molecule has 2 aliphatic rings. The van der Waals surface area contributed by atoms with Crippen LogP contribution in [0.5, 0.6) is 0 Å². The van der Waals surface area contributed by atoms with Gasteiger partial charge < -0.3 is 15.1 Å². The van der Waals surface area contributed by atoms with Crippen molar-refractivity contribution in [3.8, 4) is 0 Å². The second-order valence-electron chi connectivity index (χ2n) is 6.83. The number of rotatable bonds is 4. The van der Waals surface area contributed by atoms with Gasteiger partial charge in [0.2, 0.25) is 11.8 Å². The summed E-state index contributed by atoms with van der Waals surface area (Å²) in [7, 11) is 0. The zero-order chi connectivity index (χ0) is 18.0. The lowest BCUT2D eigenvalue weighted by molar-refractivity contribution is -0.132. The van der Waals surface area contributed by atoms with E-state index < -0.39 is 6.03 Å². The van der Waals surface area contributed by atoms with E-state index in [2.05, 4.69) is 42.7 Å². The molecule has 0 saturated carbocycles. The highest BCUT2D eigenvalue weighted by Gasteiger charge is 2.31. The van der Waals surface area contributed by atoms with E-state index in [1.54, 1.807) is 4.90 Å². The van der Waals surface area contributed by atoms with Crippen molar-refractivity contribution in [2.75, 3.05) is 31.5 Å². The quantitative estimate of drug-likeness (QED) is 0.806. The SMILES string of the molecule is Cc1ccc(NC2CCCN(C(=O)CN3CC(=O)NC3=O)C2)cc1C. The maximum atomic E-state index is 12.5. The van der Waals surface area contributed by atoms with Crippen LogP contribution in [0.2, 0.25) is 0 Å². The Balaban J connectivity index is 1.57. The van der Waals surface area contributed by atoms with Gasteiger partial charge in [-0.1, -0.05) is 6.07 Å². The van der Waals surface area contributed by atoms with Gasteiger partial charge in [-0.15, -0.1) is 0 Å². The summed E-state index contributed by atoms with van der Waals surface area (Å²) in [6.45, 7) is 5.37. The van der Waals surface area contributed by atoms with Crippen molar-refractivity contribution in [2.45, 2.75) is 32.7 Å². The van der Waals surface area contributed by atoms with E-state index in [9.17, 15) is 14.4 Å². The third kappa shape index (κ3) is 4.10. The predicted molar refractivity (Wildman–Crippen MR) is 94.3 cm³/mol. The van der Waals surface area contributed by atoms with E-state index in [1.807, 2.05) is 0 Å². The number of likely N-dealkylation sites (tertiary alicyclic amines) is 1. The van der Waals surface area contributed by atoms with Crippen LogP contribution in [0.1, 0.15) is 24.0 Å². The Bertz CT molecular complexity index is 704. The molecular weight excluding hydrogens is 320 g/mol. The summed E-state index contributed by atoms with van der Waals surface area (Å²) in [5.74, 6) is -0.470. The number of anilines is 1. The Labute approximate surface area is 147 Å². The third-order valence-corrected chi connectivity index (χ3v) is 4.85. The zero-order valence-corrected chi connectivity index (χ0v) is 14.7. The van der Waals surface area contributed by atoms with Crippen LogP contribution in [0.15, 0.2) is 18.2 Å². The lowest BCUT2D eigenvalue weighted by Crippen LogP contribution is -2.49. The van der Waals surface area contributed by atoms with E-state index in [4.69, 9.17) is 0 Å². The molecule has 0 radical (unpaired) electrons. The summed E-state index contributed by atoms with van der Waals surface area (Å²) in [5, 5.41) is 5.69. The van der Waals surface area contributed by atoms with Crippen LogP contribution in [0.4, 0.5) is 10.5 Å². The summed E-state index contributed by atoms with van der Waals surface area (Å²) in [6.07, 6.45) is 1.92. The summed E-state index contributed by atoms with van der Waals surface area (Å²) < 4.78 is 0. The van der Waals surface area contributed by atoms with Crippen molar-refractivity contribution in [3.63, 3.8) is 0 Å². The number of aryl methyl sites for hydroxylation is 2. The van der Waals surface area contributed by atoms with Gasteiger partial charge in [-0.2, -0.15) is 0 Å². The summed E-state index contributed by atoms with van der Waals surface area (Å²) >= 11 is 0. The molecule has 0 spiro atoms. The number of nitrogens with zero attached hydrogens (tertiary/aromatic N) is 2. The van der Waals surface area contributed by atoms with Gasteiger partial charge in [0, 0.05) is 24.8 Å². The van der Waals surface area contributed by atoms with Crippen LogP contribution >= 0.6 is 0 Å². The number of carbonyl (C=O) groups is 3. The van der Waals surface area contributed by atoms with Crippen molar-refractivity contribution >= 4 is 23.5 Å². The highest BCUT2D eigenvalue weighted by molar-refractivity contribution is 6.03. The van der Waals surface area contributed by atoms with Crippen LogP contribution < -0.4 is 10.6 Å². The molecule has 0 aromatic heterocycles. The van der Waals surface area contributed by atoms with Gasteiger partial charge in [0.05, 0.1) is 0 Å². The minimum atomic E-state index is -0.486. The molecule has 2 N–H and O–H groups in total. The highest BCUT2D eigenvalue weighted by atomic mass is 16.2. The third-order valence-electron chi connectivity index (χ3n) is 4.85. The second kappa shape index (κ2) is 7.13. The normalized spacial score (nSPS) is 20.6. The van der Waals surface area contributed by atoms with E-state index in [-0.39, 0.29) is 30.9 Å². The molecule has 0 bridgehead atoms. The lowest BCUT2D eigenvalue weighted by Gasteiger charge is -2.34. The molecule has 4 amide bonds. The summed E-state index contributed by atoms with van der Waals surface area (Å²) in [6, 6.07) is 5.97. The molecule has 1 aromatic rings. The lowest BCUT2D eigenvalue weighted by atomic mass is 10.0. The molecule has 0 aliphatic carbocycles. The Hall–Kier alpha value is -2.57. The Morgan fingerprint density at radius 1 is 1.28 bits per heavy atom. The topological polar surface area (TPSA) is 81.8 Å². The molecule has 1 atom stereocenters. The molecule has 2 fully saturated rings. The van der Waals surface area contributed by atoms with Gasteiger partial charge in [0.1, 0.15) is 13.1 Å². The first-order chi connectivity index (χ1) is 11.9. The van der Waals surface area contributed by atoms with E-state index in [1.165, 1.54) is 16.0 Å². The fourth-order valence-electron chi connectivity index (χ4n) is 3.26. The van der Waals surface area contributed by atoms with Gasteiger partial charge in [-0.3, -0.25) is 14.9 Å². The molecule has 2 saturated heterocycles. The van der Waals surface area contributed by atoms with Crippen LogP contribution in [0.25, 0.3) is 0 Å². The first-order valence-corrected chi connectivity index (χ1v) is 8.62. The monoisotopic (exact) mass is 344 g/mol. The van der Waals surface area contributed by atoms with Gasteiger partial charge >= 0.3 is 6.03 Å². The molecule has 1 unspecified atom stereocenters. The minimum absolute atomic E-state index is 0.0390. The number of amides is 4. The molecule has 7 nitrogen and oxygen atoms in total. The number of imide groups is 1. The zero-order valence-electron chi connectivity index (χ0n) is 14.7. The van der Waals surface area contributed by atoms with Crippen LogP contribution in [-0.2, 0) is 9.59 Å². The van der Waals surface area contributed by atoms with Gasteiger partial charge in [0.25, 0.3) is 0 Å². The summed E-state index contributed by atoms with van der Waals surface area (Å²) in [5.41, 5.74) is 3.55. The number of nitrogens with one attached hydrogen (secondary N) is 2.